The molecule has 0 aliphatic rings. The van der Waals surface area contributed by atoms with Gasteiger partial charge in [0.2, 0.25) is 5.91 Å². The van der Waals surface area contributed by atoms with Crippen molar-refractivity contribution >= 4 is 33.1 Å². The van der Waals surface area contributed by atoms with E-state index in [1.807, 2.05) is 56.3 Å². The molecule has 0 radical (unpaired) electrons. The zero-order valence-electron chi connectivity index (χ0n) is 16.3. The summed E-state index contributed by atoms with van der Waals surface area (Å²) in [5, 5.41) is 8.25. The molecule has 0 fully saturated rings. The summed E-state index contributed by atoms with van der Waals surface area (Å²) in [7, 11) is 0. The Morgan fingerprint density at radius 3 is 2.59 bits per heavy atom. The first-order valence-electron chi connectivity index (χ1n) is 9.26. The van der Waals surface area contributed by atoms with Crippen LogP contribution in [-0.4, -0.2) is 20.7 Å². The topological polar surface area (TPSA) is 76.9 Å². The molecule has 0 saturated heterocycles. The van der Waals surface area contributed by atoms with E-state index in [0.717, 1.165) is 26.4 Å². The van der Waals surface area contributed by atoms with Crippen molar-refractivity contribution in [3.63, 3.8) is 0 Å². The third-order valence-corrected chi connectivity index (χ3v) is 5.63. The van der Waals surface area contributed by atoms with Gasteiger partial charge in [-0.05, 0) is 45.0 Å². The number of amides is 1. The van der Waals surface area contributed by atoms with Gasteiger partial charge in [0.25, 0.3) is 5.56 Å². The van der Waals surface area contributed by atoms with Crippen molar-refractivity contribution < 1.29 is 4.79 Å². The zero-order valence-corrected chi connectivity index (χ0v) is 17.2. The Balaban J connectivity index is 1.59. The maximum atomic E-state index is 12.8. The molecular formula is C22H20N4O2S. The fourth-order valence-corrected chi connectivity index (χ4v) is 3.87. The first-order chi connectivity index (χ1) is 13.9. The SMILES string of the molecule is Cc1ccc(-c2ccc(=O)n(C(C)C(=O)Nc3ccc4sc(C)nc4c3)n2)cc1. The lowest BCUT2D eigenvalue weighted by Crippen LogP contribution is -2.33. The third kappa shape index (κ3) is 3.95. The molecule has 29 heavy (non-hydrogen) atoms. The van der Waals surface area contributed by atoms with E-state index in [4.69, 9.17) is 0 Å². The maximum absolute atomic E-state index is 12.8. The molecule has 1 N–H and O–H groups in total. The molecule has 0 spiro atoms. The van der Waals surface area contributed by atoms with Gasteiger partial charge in [0.15, 0.2) is 0 Å². The predicted octanol–water partition coefficient (Wildman–Crippen LogP) is 4.34. The number of thiazole rings is 1. The summed E-state index contributed by atoms with van der Waals surface area (Å²) in [5.41, 5.74) is 3.83. The fraction of sp³-hybridized carbons (Fsp3) is 0.182. The average Bonchev–Trinajstić information content (AvgIpc) is 3.08. The second-order valence-corrected chi connectivity index (χ2v) is 8.18. The number of aryl methyl sites for hydroxylation is 2. The zero-order chi connectivity index (χ0) is 20.5. The van der Waals surface area contributed by atoms with Crippen molar-refractivity contribution in [2.24, 2.45) is 0 Å². The van der Waals surface area contributed by atoms with Crippen molar-refractivity contribution in [1.29, 1.82) is 0 Å². The monoisotopic (exact) mass is 404 g/mol. The van der Waals surface area contributed by atoms with Gasteiger partial charge in [0, 0.05) is 17.3 Å². The lowest BCUT2D eigenvalue weighted by molar-refractivity contribution is -0.119. The van der Waals surface area contributed by atoms with E-state index in [2.05, 4.69) is 15.4 Å². The van der Waals surface area contributed by atoms with Crippen LogP contribution in [0.15, 0.2) is 59.4 Å². The number of carbonyl (C=O) groups is 1. The van der Waals surface area contributed by atoms with E-state index in [1.165, 1.54) is 10.7 Å². The molecule has 2 heterocycles. The van der Waals surface area contributed by atoms with E-state index >= 15 is 0 Å². The van der Waals surface area contributed by atoms with Crippen LogP contribution < -0.4 is 10.9 Å². The molecule has 0 aliphatic carbocycles. The van der Waals surface area contributed by atoms with Gasteiger partial charge in [0.05, 0.1) is 20.9 Å². The van der Waals surface area contributed by atoms with Crippen LogP contribution in [-0.2, 0) is 4.79 Å². The van der Waals surface area contributed by atoms with Crippen LogP contribution in [0.5, 0.6) is 0 Å². The summed E-state index contributed by atoms with van der Waals surface area (Å²) in [6.07, 6.45) is 0. The number of carbonyl (C=O) groups excluding carboxylic acids is 1. The number of fused-ring (bicyclic) bond motifs is 1. The molecule has 146 valence electrons. The van der Waals surface area contributed by atoms with E-state index in [9.17, 15) is 9.59 Å². The summed E-state index contributed by atoms with van der Waals surface area (Å²) in [6.45, 7) is 5.62. The number of hydrogen-bond donors (Lipinski definition) is 1. The highest BCUT2D eigenvalue weighted by Gasteiger charge is 2.18. The second-order valence-electron chi connectivity index (χ2n) is 6.95. The Morgan fingerprint density at radius 2 is 1.83 bits per heavy atom. The first kappa shape index (κ1) is 19.0. The predicted molar refractivity (Wildman–Crippen MR) is 116 cm³/mol. The molecule has 4 rings (SSSR count). The Kier molecular flexibility index (Phi) is 4.98. The molecular weight excluding hydrogens is 384 g/mol. The van der Waals surface area contributed by atoms with Gasteiger partial charge in [-0.3, -0.25) is 9.59 Å². The van der Waals surface area contributed by atoms with Crippen molar-refractivity contribution in [3.8, 4) is 11.3 Å². The fourth-order valence-electron chi connectivity index (χ4n) is 3.06. The van der Waals surface area contributed by atoms with Crippen molar-refractivity contribution in [2.45, 2.75) is 26.8 Å². The van der Waals surface area contributed by atoms with E-state index < -0.39 is 6.04 Å². The normalized spacial score (nSPS) is 12.1. The van der Waals surface area contributed by atoms with Gasteiger partial charge >= 0.3 is 0 Å². The lowest BCUT2D eigenvalue weighted by Gasteiger charge is -2.15. The van der Waals surface area contributed by atoms with Gasteiger partial charge in [0.1, 0.15) is 6.04 Å². The molecule has 0 bridgehead atoms. The van der Waals surface area contributed by atoms with Crippen LogP contribution >= 0.6 is 11.3 Å². The quantitative estimate of drug-likeness (QED) is 0.549. The molecule has 2 aromatic heterocycles. The largest absolute Gasteiger partial charge is 0.324 e. The van der Waals surface area contributed by atoms with Crippen LogP contribution in [0, 0.1) is 13.8 Å². The minimum Gasteiger partial charge on any atom is -0.324 e. The number of nitrogens with zero attached hydrogens (tertiary/aromatic N) is 3. The summed E-state index contributed by atoms with van der Waals surface area (Å²) in [5.74, 6) is -0.313. The van der Waals surface area contributed by atoms with Crippen molar-refractivity contribution in [2.75, 3.05) is 5.32 Å². The smallest absolute Gasteiger partial charge is 0.267 e. The molecule has 1 atom stereocenters. The average molecular weight is 404 g/mol. The minimum absolute atomic E-state index is 0.313. The summed E-state index contributed by atoms with van der Waals surface area (Å²) >= 11 is 1.61. The molecule has 0 aliphatic heterocycles. The highest BCUT2D eigenvalue weighted by molar-refractivity contribution is 7.18. The molecule has 7 heteroatoms. The number of rotatable bonds is 4. The molecule has 6 nitrogen and oxygen atoms in total. The first-order valence-corrected chi connectivity index (χ1v) is 10.1. The van der Waals surface area contributed by atoms with Crippen LogP contribution in [0.3, 0.4) is 0 Å². The van der Waals surface area contributed by atoms with Crippen molar-refractivity contribution in [1.82, 2.24) is 14.8 Å². The maximum Gasteiger partial charge on any atom is 0.267 e. The van der Waals surface area contributed by atoms with E-state index in [1.54, 1.807) is 24.3 Å². The molecule has 2 aromatic carbocycles. The number of aromatic nitrogens is 3. The van der Waals surface area contributed by atoms with Gasteiger partial charge in [-0.1, -0.05) is 29.8 Å². The van der Waals surface area contributed by atoms with Crippen molar-refractivity contribution in [3.05, 3.63) is 75.5 Å². The minimum atomic E-state index is -0.763. The Labute approximate surface area is 171 Å². The van der Waals surface area contributed by atoms with E-state index in [-0.39, 0.29) is 11.5 Å². The van der Waals surface area contributed by atoms with Crippen LogP contribution in [0.4, 0.5) is 5.69 Å². The summed E-state index contributed by atoms with van der Waals surface area (Å²) < 4.78 is 2.29. The summed E-state index contributed by atoms with van der Waals surface area (Å²) in [6, 6.07) is 15.8. The van der Waals surface area contributed by atoms with Gasteiger partial charge in [-0.25, -0.2) is 9.67 Å². The van der Waals surface area contributed by atoms with Gasteiger partial charge < -0.3 is 5.32 Å². The molecule has 4 aromatic rings. The Hall–Kier alpha value is -3.32. The van der Waals surface area contributed by atoms with E-state index in [0.29, 0.717) is 11.4 Å². The molecule has 1 amide bonds. The van der Waals surface area contributed by atoms with Crippen LogP contribution in [0.25, 0.3) is 21.5 Å². The third-order valence-electron chi connectivity index (χ3n) is 4.68. The lowest BCUT2D eigenvalue weighted by atomic mass is 10.1. The second kappa shape index (κ2) is 7.60. The number of hydrogen-bond acceptors (Lipinski definition) is 5. The Bertz CT molecular complexity index is 1260. The number of anilines is 1. The van der Waals surface area contributed by atoms with Gasteiger partial charge in [-0.2, -0.15) is 5.10 Å². The van der Waals surface area contributed by atoms with Gasteiger partial charge in [-0.15, -0.1) is 11.3 Å². The highest BCUT2D eigenvalue weighted by Crippen LogP contribution is 2.25. The Morgan fingerprint density at radius 1 is 1.07 bits per heavy atom. The van der Waals surface area contributed by atoms with Crippen LogP contribution in [0.1, 0.15) is 23.5 Å². The standard InChI is InChI=1S/C22H20N4O2S/c1-13-4-6-16(7-5-13)18-9-11-21(27)26(25-18)14(2)22(28)24-17-8-10-20-19(12-17)23-15(3)29-20/h4-12,14H,1-3H3,(H,24,28). The molecule has 0 saturated carbocycles. The number of nitrogens with one attached hydrogen (secondary N) is 1. The number of benzene rings is 2. The van der Waals surface area contributed by atoms with Crippen LogP contribution in [0.2, 0.25) is 0 Å². The summed E-state index contributed by atoms with van der Waals surface area (Å²) in [4.78, 5) is 29.6. The highest BCUT2D eigenvalue weighted by atomic mass is 32.1. The molecule has 1 unspecified atom stereocenters.